The number of aromatic nitrogens is 6. The van der Waals surface area contributed by atoms with Crippen molar-refractivity contribution in [1.82, 2.24) is 35.3 Å². The van der Waals surface area contributed by atoms with Crippen LogP contribution in [-0.4, -0.2) is 35.9 Å². The van der Waals surface area contributed by atoms with Gasteiger partial charge in [0.05, 0.1) is 11.8 Å². The standard InChI is InChI=1S/C15H19N7O2S/c1-9(2)12(13-16-8-19-22(13)3)20-14(23)11-5-4-10(24-11)6-25-15-17-7-18-21-15/h4-5,7-9,12H,6H2,1-3H3,(H,20,23)(H,17,18,21)/t12-/m0/s1. The van der Waals surface area contributed by atoms with Crippen LogP contribution in [0.1, 0.15) is 42.0 Å². The lowest BCUT2D eigenvalue weighted by Crippen LogP contribution is -2.33. The second-order valence-corrected chi connectivity index (χ2v) is 6.75. The zero-order valence-electron chi connectivity index (χ0n) is 14.1. The fourth-order valence-electron chi connectivity index (χ4n) is 2.31. The van der Waals surface area contributed by atoms with Crippen molar-refractivity contribution in [2.45, 2.75) is 30.8 Å². The normalized spacial score (nSPS) is 12.5. The lowest BCUT2D eigenvalue weighted by atomic mass is 10.0. The van der Waals surface area contributed by atoms with E-state index in [4.69, 9.17) is 4.42 Å². The molecule has 0 radical (unpaired) electrons. The van der Waals surface area contributed by atoms with E-state index in [9.17, 15) is 4.79 Å². The van der Waals surface area contributed by atoms with Gasteiger partial charge in [-0.05, 0) is 18.1 Å². The SMILES string of the molecule is CC(C)[C@H](NC(=O)c1ccc(CSc2ncn[nH]2)o1)c1ncnn1C. The number of rotatable bonds is 7. The van der Waals surface area contributed by atoms with Gasteiger partial charge in [-0.1, -0.05) is 25.6 Å². The molecule has 0 spiro atoms. The van der Waals surface area contributed by atoms with E-state index in [2.05, 4.69) is 30.6 Å². The van der Waals surface area contributed by atoms with Gasteiger partial charge in [0.1, 0.15) is 24.2 Å². The first-order valence-corrected chi connectivity index (χ1v) is 8.74. The highest BCUT2D eigenvalue weighted by Crippen LogP contribution is 2.22. The van der Waals surface area contributed by atoms with E-state index < -0.39 is 0 Å². The number of nitrogens with zero attached hydrogens (tertiary/aromatic N) is 5. The van der Waals surface area contributed by atoms with E-state index in [1.165, 1.54) is 24.4 Å². The maximum Gasteiger partial charge on any atom is 0.287 e. The number of furan rings is 1. The Morgan fingerprint density at radius 3 is 2.84 bits per heavy atom. The predicted octanol–water partition coefficient (Wildman–Crippen LogP) is 1.95. The minimum absolute atomic E-state index is 0.156. The van der Waals surface area contributed by atoms with Crippen LogP contribution in [-0.2, 0) is 12.8 Å². The van der Waals surface area contributed by atoms with Gasteiger partial charge in [-0.25, -0.2) is 9.97 Å². The van der Waals surface area contributed by atoms with Crippen molar-refractivity contribution in [2.75, 3.05) is 0 Å². The first kappa shape index (κ1) is 17.2. The molecule has 25 heavy (non-hydrogen) atoms. The second kappa shape index (κ2) is 7.51. The summed E-state index contributed by atoms with van der Waals surface area (Å²) in [6.45, 7) is 4.03. The molecule has 10 heteroatoms. The number of hydrogen-bond donors (Lipinski definition) is 2. The van der Waals surface area contributed by atoms with Gasteiger partial charge in [-0.15, -0.1) is 0 Å². The maximum absolute atomic E-state index is 12.5. The lowest BCUT2D eigenvalue weighted by Gasteiger charge is -2.20. The van der Waals surface area contributed by atoms with Crippen molar-refractivity contribution in [3.8, 4) is 0 Å². The molecule has 9 nitrogen and oxygen atoms in total. The number of thioether (sulfide) groups is 1. The summed E-state index contributed by atoms with van der Waals surface area (Å²) in [5, 5.41) is 14.3. The molecule has 0 aliphatic rings. The quantitative estimate of drug-likeness (QED) is 0.618. The predicted molar refractivity (Wildman–Crippen MR) is 90.7 cm³/mol. The Morgan fingerprint density at radius 2 is 2.20 bits per heavy atom. The number of hydrogen-bond acceptors (Lipinski definition) is 7. The number of aryl methyl sites for hydroxylation is 1. The highest BCUT2D eigenvalue weighted by molar-refractivity contribution is 7.98. The van der Waals surface area contributed by atoms with E-state index in [0.717, 1.165) is 0 Å². The largest absolute Gasteiger partial charge is 0.455 e. The Balaban J connectivity index is 1.65. The molecule has 0 aliphatic heterocycles. The van der Waals surface area contributed by atoms with Crippen LogP contribution in [0, 0.1) is 5.92 Å². The average Bonchev–Trinajstić information content (AvgIpc) is 3.32. The summed E-state index contributed by atoms with van der Waals surface area (Å²) < 4.78 is 7.29. The Morgan fingerprint density at radius 1 is 1.36 bits per heavy atom. The van der Waals surface area contributed by atoms with Crippen molar-refractivity contribution in [2.24, 2.45) is 13.0 Å². The van der Waals surface area contributed by atoms with Crippen molar-refractivity contribution in [1.29, 1.82) is 0 Å². The summed E-state index contributed by atoms with van der Waals surface area (Å²) in [7, 11) is 1.80. The highest BCUT2D eigenvalue weighted by atomic mass is 32.2. The molecule has 132 valence electrons. The van der Waals surface area contributed by atoms with Gasteiger partial charge in [0.25, 0.3) is 5.91 Å². The van der Waals surface area contributed by atoms with Crippen molar-refractivity contribution in [3.63, 3.8) is 0 Å². The molecule has 1 atom stereocenters. The number of amides is 1. The minimum Gasteiger partial charge on any atom is -0.455 e. The van der Waals surface area contributed by atoms with Crippen LogP contribution < -0.4 is 5.32 Å². The molecule has 1 amide bonds. The summed E-state index contributed by atoms with van der Waals surface area (Å²) in [5.41, 5.74) is 0. The number of nitrogens with one attached hydrogen (secondary N) is 2. The van der Waals surface area contributed by atoms with Gasteiger partial charge in [-0.2, -0.15) is 10.2 Å². The van der Waals surface area contributed by atoms with Crippen LogP contribution in [0.2, 0.25) is 0 Å². The number of H-pyrrole nitrogens is 1. The molecule has 2 N–H and O–H groups in total. The molecule has 0 aliphatic carbocycles. The molecule has 0 unspecified atom stereocenters. The van der Waals surface area contributed by atoms with Crippen LogP contribution in [0.4, 0.5) is 0 Å². The van der Waals surface area contributed by atoms with Gasteiger partial charge in [0.15, 0.2) is 10.9 Å². The molecule has 3 rings (SSSR count). The Bertz CT molecular complexity index is 825. The first-order valence-electron chi connectivity index (χ1n) is 7.76. The molecule has 3 heterocycles. The third-order valence-electron chi connectivity index (χ3n) is 3.61. The van der Waals surface area contributed by atoms with Crippen molar-refractivity contribution < 1.29 is 9.21 Å². The Labute approximate surface area is 148 Å². The summed E-state index contributed by atoms with van der Waals surface area (Å²) in [4.78, 5) is 20.8. The van der Waals surface area contributed by atoms with Crippen molar-refractivity contribution in [3.05, 3.63) is 42.1 Å². The zero-order valence-corrected chi connectivity index (χ0v) is 14.9. The zero-order chi connectivity index (χ0) is 17.8. The molecule has 0 saturated carbocycles. The smallest absolute Gasteiger partial charge is 0.287 e. The van der Waals surface area contributed by atoms with Gasteiger partial charge in [0.2, 0.25) is 0 Å². The van der Waals surface area contributed by atoms with E-state index in [1.54, 1.807) is 23.9 Å². The van der Waals surface area contributed by atoms with Gasteiger partial charge in [-0.3, -0.25) is 14.6 Å². The Kier molecular flexibility index (Phi) is 5.17. The molecule has 0 aromatic carbocycles. The van der Waals surface area contributed by atoms with E-state index in [1.807, 2.05) is 13.8 Å². The first-order chi connectivity index (χ1) is 12.0. The topological polar surface area (TPSA) is 115 Å². The molecule has 3 aromatic rings. The fourth-order valence-corrected chi connectivity index (χ4v) is 2.98. The molecule has 0 saturated heterocycles. The van der Waals surface area contributed by atoms with Crippen LogP contribution in [0.3, 0.4) is 0 Å². The van der Waals surface area contributed by atoms with E-state index in [-0.39, 0.29) is 23.6 Å². The van der Waals surface area contributed by atoms with Crippen molar-refractivity contribution >= 4 is 17.7 Å². The molecular weight excluding hydrogens is 342 g/mol. The lowest BCUT2D eigenvalue weighted by molar-refractivity contribution is 0.0892. The van der Waals surface area contributed by atoms with Gasteiger partial charge >= 0.3 is 0 Å². The van der Waals surface area contributed by atoms with E-state index in [0.29, 0.717) is 22.5 Å². The van der Waals surface area contributed by atoms with Gasteiger partial charge in [0, 0.05) is 7.05 Å². The third kappa shape index (κ3) is 4.08. The maximum atomic E-state index is 12.5. The fraction of sp³-hybridized carbons (Fsp3) is 0.400. The van der Waals surface area contributed by atoms with Crippen LogP contribution in [0.5, 0.6) is 0 Å². The minimum atomic E-state index is -0.280. The number of carbonyl (C=O) groups is 1. The van der Waals surface area contributed by atoms with Crippen LogP contribution in [0.15, 0.2) is 34.4 Å². The highest BCUT2D eigenvalue weighted by Gasteiger charge is 2.24. The summed E-state index contributed by atoms with van der Waals surface area (Å²) >= 11 is 1.45. The summed E-state index contributed by atoms with van der Waals surface area (Å²) in [5.74, 6) is 2.09. The monoisotopic (exact) mass is 361 g/mol. The number of aromatic amines is 1. The third-order valence-corrected chi connectivity index (χ3v) is 4.51. The molecule has 3 aromatic heterocycles. The van der Waals surface area contributed by atoms with E-state index >= 15 is 0 Å². The summed E-state index contributed by atoms with van der Waals surface area (Å²) in [6, 6.07) is 3.20. The number of carbonyl (C=O) groups excluding carboxylic acids is 1. The Hall–Kier alpha value is -2.62. The second-order valence-electron chi connectivity index (χ2n) is 5.78. The average molecular weight is 361 g/mol. The van der Waals surface area contributed by atoms with Gasteiger partial charge < -0.3 is 9.73 Å². The molecule has 0 bridgehead atoms. The van der Waals surface area contributed by atoms with Crippen LogP contribution >= 0.6 is 11.8 Å². The van der Waals surface area contributed by atoms with Crippen LogP contribution in [0.25, 0.3) is 0 Å². The molecular formula is C15H19N7O2S. The molecule has 0 fully saturated rings. The summed E-state index contributed by atoms with van der Waals surface area (Å²) in [6.07, 6.45) is 2.92.